The van der Waals surface area contributed by atoms with Crippen molar-refractivity contribution in [3.05, 3.63) is 0 Å². The highest BCUT2D eigenvalue weighted by molar-refractivity contribution is 6.71. The summed E-state index contributed by atoms with van der Waals surface area (Å²) in [5.41, 5.74) is 0. The predicted octanol–water partition coefficient (Wildman–Crippen LogP) is 0.672. The smallest absolute Gasteiger partial charge is 0.200 e. The summed E-state index contributed by atoms with van der Waals surface area (Å²) in [5.74, 6) is 0. The molecule has 1 saturated heterocycles. The van der Waals surface area contributed by atoms with Crippen molar-refractivity contribution in [3.63, 3.8) is 0 Å². The Morgan fingerprint density at radius 1 is 1.31 bits per heavy atom. The highest BCUT2D eigenvalue weighted by Crippen LogP contribution is 2.07. The summed E-state index contributed by atoms with van der Waals surface area (Å²) >= 11 is 0. The molecule has 3 nitrogen and oxygen atoms in total. The molecule has 78 valence electrons. The third-order valence-corrected chi connectivity index (χ3v) is 4.63. The van der Waals surface area contributed by atoms with Gasteiger partial charge in [0.1, 0.15) is 0 Å². The van der Waals surface area contributed by atoms with Crippen LogP contribution in [0.15, 0.2) is 0 Å². The van der Waals surface area contributed by atoms with E-state index in [1.807, 2.05) is 0 Å². The van der Waals surface area contributed by atoms with E-state index >= 15 is 0 Å². The molecule has 0 saturated carbocycles. The lowest BCUT2D eigenvalue weighted by Gasteiger charge is -2.33. The highest BCUT2D eigenvalue weighted by Gasteiger charge is 2.25. The third-order valence-electron chi connectivity index (χ3n) is 2.35. The fraction of sp³-hybridized carbons (Fsp3) is 1.00. The maximum Gasteiger partial charge on any atom is 0.200 e. The monoisotopic (exact) mass is 202 g/mol. The van der Waals surface area contributed by atoms with Crippen LogP contribution in [0.3, 0.4) is 0 Å². The SMILES string of the molecule is CCO[Si](C)(C)CN1CCNCC1. The second-order valence-electron chi connectivity index (χ2n) is 4.22. The largest absolute Gasteiger partial charge is 0.416 e. The molecule has 0 aromatic carbocycles. The first-order valence-electron chi connectivity index (χ1n) is 5.21. The van der Waals surface area contributed by atoms with Gasteiger partial charge in [-0.3, -0.25) is 0 Å². The highest BCUT2D eigenvalue weighted by atomic mass is 28.4. The second kappa shape index (κ2) is 5.10. The van der Waals surface area contributed by atoms with Gasteiger partial charge in [0.2, 0.25) is 0 Å². The molecule has 0 aliphatic carbocycles. The van der Waals surface area contributed by atoms with Gasteiger partial charge in [0.15, 0.2) is 8.32 Å². The number of piperazine rings is 1. The number of nitrogens with one attached hydrogen (secondary N) is 1. The van der Waals surface area contributed by atoms with E-state index in [0.717, 1.165) is 19.7 Å². The third kappa shape index (κ3) is 4.22. The van der Waals surface area contributed by atoms with Crippen molar-refractivity contribution in [2.75, 3.05) is 39.0 Å². The Bertz CT molecular complexity index is 147. The number of rotatable bonds is 4. The van der Waals surface area contributed by atoms with Gasteiger partial charge in [-0.05, 0) is 20.0 Å². The topological polar surface area (TPSA) is 24.5 Å². The molecule has 0 aromatic rings. The first-order chi connectivity index (χ1) is 6.14. The molecule has 0 aromatic heterocycles. The van der Waals surface area contributed by atoms with Crippen molar-refractivity contribution in [1.29, 1.82) is 0 Å². The Kier molecular flexibility index (Phi) is 4.38. The zero-order valence-corrected chi connectivity index (χ0v) is 10.1. The average Bonchev–Trinajstić information content (AvgIpc) is 2.04. The zero-order valence-electron chi connectivity index (χ0n) is 9.10. The summed E-state index contributed by atoms with van der Waals surface area (Å²) < 4.78 is 5.81. The van der Waals surface area contributed by atoms with Crippen molar-refractivity contribution in [2.45, 2.75) is 20.0 Å². The summed E-state index contributed by atoms with van der Waals surface area (Å²) in [4.78, 5) is 2.53. The maximum absolute atomic E-state index is 5.81. The Hall–Kier alpha value is 0.0969. The van der Waals surface area contributed by atoms with Gasteiger partial charge < -0.3 is 14.6 Å². The van der Waals surface area contributed by atoms with Crippen molar-refractivity contribution in [1.82, 2.24) is 10.2 Å². The standard InChI is InChI=1S/C9H22N2OSi/c1-4-12-13(2,3)9-11-7-5-10-6-8-11/h10H,4-9H2,1-3H3. The van der Waals surface area contributed by atoms with Crippen LogP contribution in [0, 0.1) is 0 Å². The minimum atomic E-state index is -1.39. The lowest BCUT2D eigenvalue weighted by Crippen LogP contribution is -2.51. The first-order valence-corrected chi connectivity index (χ1v) is 8.32. The molecule has 1 rings (SSSR count). The molecule has 0 amide bonds. The minimum Gasteiger partial charge on any atom is -0.416 e. The maximum atomic E-state index is 5.81. The van der Waals surface area contributed by atoms with Gasteiger partial charge >= 0.3 is 0 Å². The molecule has 0 unspecified atom stereocenters. The average molecular weight is 202 g/mol. The summed E-state index contributed by atoms with van der Waals surface area (Å²) in [6.45, 7) is 12.2. The van der Waals surface area contributed by atoms with E-state index in [-0.39, 0.29) is 0 Å². The molecule has 0 radical (unpaired) electrons. The fourth-order valence-electron chi connectivity index (χ4n) is 1.84. The number of hydrogen-bond donors (Lipinski definition) is 1. The van der Waals surface area contributed by atoms with Crippen LogP contribution in [0.2, 0.25) is 13.1 Å². The molecule has 1 heterocycles. The van der Waals surface area contributed by atoms with E-state index in [1.54, 1.807) is 0 Å². The van der Waals surface area contributed by atoms with Crippen molar-refractivity contribution >= 4 is 8.32 Å². The predicted molar refractivity (Wildman–Crippen MR) is 58.4 cm³/mol. The quantitative estimate of drug-likeness (QED) is 0.678. The number of hydrogen-bond acceptors (Lipinski definition) is 3. The Morgan fingerprint density at radius 3 is 2.46 bits per heavy atom. The van der Waals surface area contributed by atoms with E-state index in [9.17, 15) is 0 Å². The molecule has 1 aliphatic rings. The first kappa shape index (κ1) is 11.2. The van der Waals surface area contributed by atoms with Crippen LogP contribution in [0.25, 0.3) is 0 Å². The molecule has 0 bridgehead atoms. The van der Waals surface area contributed by atoms with Crippen molar-refractivity contribution < 1.29 is 4.43 Å². The lowest BCUT2D eigenvalue weighted by atomic mass is 10.4. The second-order valence-corrected chi connectivity index (χ2v) is 8.34. The van der Waals surface area contributed by atoms with E-state index in [2.05, 4.69) is 30.2 Å². The van der Waals surface area contributed by atoms with E-state index in [0.29, 0.717) is 0 Å². The summed E-state index contributed by atoms with van der Waals surface area (Å²) in [7, 11) is -1.39. The summed E-state index contributed by atoms with van der Waals surface area (Å²) in [5, 5.41) is 3.37. The Balaban J connectivity index is 2.28. The van der Waals surface area contributed by atoms with Crippen molar-refractivity contribution in [2.24, 2.45) is 0 Å². The molecule has 13 heavy (non-hydrogen) atoms. The van der Waals surface area contributed by atoms with Crippen molar-refractivity contribution in [3.8, 4) is 0 Å². The van der Waals surface area contributed by atoms with E-state index < -0.39 is 8.32 Å². The summed E-state index contributed by atoms with van der Waals surface area (Å²) in [6.07, 6.45) is 1.18. The normalized spacial score (nSPS) is 20.5. The number of nitrogens with zero attached hydrogens (tertiary/aromatic N) is 1. The molecule has 0 spiro atoms. The van der Waals surface area contributed by atoms with Gasteiger partial charge in [0.05, 0.1) is 0 Å². The lowest BCUT2D eigenvalue weighted by molar-refractivity contribution is 0.244. The molecule has 1 fully saturated rings. The van der Waals surface area contributed by atoms with Gasteiger partial charge in [-0.2, -0.15) is 0 Å². The van der Waals surface area contributed by atoms with Gasteiger partial charge in [0.25, 0.3) is 0 Å². The Morgan fingerprint density at radius 2 is 1.92 bits per heavy atom. The van der Waals surface area contributed by atoms with Gasteiger partial charge in [0, 0.05) is 39.0 Å². The van der Waals surface area contributed by atoms with Gasteiger partial charge in [-0.25, -0.2) is 0 Å². The summed E-state index contributed by atoms with van der Waals surface area (Å²) in [6, 6.07) is 0. The molecular weight excluding hydrogens is 180 g/mol. The minimum absolute atomic E-state index is 0.866. The van der Waals surface area contributed by atoms with Crippen LogP contribution in [-0.4, -0.2) is 52.2 Å². The van der Waals surface area contributed by atoms with Crippen LogP contribution in [0.5, 0.6) is 0 Å². The van der Waals surface area contributed by atoms with Crippen LogP contribution >= 0.6 is 0 Å². The molecule has 4 heteroatoms. The van der Waals surface area contributed by atoms with E-state index in [1.165, 1.54) is 19.3 Å². The van der Waals surface area contributed by atoms with Crippen LogP contribution in [0.4, 0.5) is 0 Å². The van der Waals surface area contributed by atoms with Gasteiger partial charge in [-0.1, -0.05) is 0 Å². The molecule has 1 aliphatic heterocycles. The van der Waals surface area contributed by atoms with E-state index in [4.69, 9.17) is 4.43 Å². The van der Waals surface area contributed by atoms with Crippen LogP contribution in [0.1, 0.15) is 6.92 Å². The molecular formula is C9H22N2OSi. The zero-order chi connectivity index (χ0) is 9.73. The van der Waals surface area contributed by atoms with Crippen LogP contribution in [-0.2, 0) is 4.43 Å². The van der Waals surface area contributed by atoms with Gasteiger partial charge in [-0.15, -0.1) is 0 Å². The molecule has 1 N–H and O–H groups in total. The Labute approximate surface area is 82.6 Å². The fourth-order valence-corrected chi connectivity index (χ4v) is 4.11. The molecule has 0 atom stereocenters. The van der Waals surface area contributed by atoms with Crippen LogP contribution < -0.4 is 5.32 Å².